The van der Waals surface area contributed by atoms with Crippen LogP contribution < -0.4 is 0 Å². The second-order valence-corrected chi connectivity index (χ2v) is 7.21. The summed E-state index contributed by atoms with van der Waals surface area (Å²) in [5.41, 5.74) is 4.61. The second-order valence-electron chi connectivity index (χ2n) is 6.26. The lowest BCUT2D eigenvalue weighted by molar-refractivity contribution is 0.154. The van der Waals surface area contributed by atoms with E-state index in [0.717, 1.165) is 11.3 Å². The summed E-state index contributed by atoms with van der Waals surface area (Å²) in [5.74, 6) is 0. The minimum Gasteiger partial charge on any atom is -0.388 e. The number of rotatable bonds is 3. The zero-order valence-corrected chi connectivity index (χ0v) is 13.8. The average molecular weight is 332 g/mol. The van der Waals surface area contributed by atoms with Crippen molar-refractivity contribution in [3.05, 3.63) is 77.6 Å². The number of benzene rings is 2. The molecule has 118 valence electrons. The minimum atomic E-state index is -0.499. The molecule has 0 fully saturated rings. The molecule has 2 aromatic heterocycles. The minimum absolute atomic E-state index is 0.131. The van der Waals surface area contributed by atoms with Crippen LogP contribution in [-0.4, -0.2) is 14.7 Å². The van der Waals surface area contributed by atoms with E-state index in [2.05, 4.69) is 57.4 Å². The molecule has 1 N–H and O–H groups in total. The molecule has 0 saturated heterocycles. The zero-order chi connectivity index (χ0) is 16.1. The molecular weight excluding hydrogens is 316 g/mol. The van der Waals surface area contributed by atoms with Crippen LogP contribution in [-0.2, 0) is 0 Å². The lowest BCUT2D eigenvalue weighted by Crippen LogP contribution is -2.10. The lowest BCUT2D eigenvalue weighted by Gasteiger charge is -2.19. The van der Waals surface area contributed by atoms with E-state index in [-0.39, 0.29) is 6.04 Å². The monoisotopic (exact) mass is 332 g/mol. The molecule has 4 aromatic rings. The Kier molecular flexibility index (Phi) is 3.08. The molecule has 0 aliphatic carbocycles. The molecule has 2 atom stereocenters. The molecule has 3 nitrogen and oxygen atoms in total. The summed E-state index contributed by atoms with van der Waals surface area (Å²) in [7, 11) is 0. The maximum absolute atomic E-state index is 10.8. The number of imidazole rings is 1. The van der Waals surface area contributed by atoms with Gasteiger partial charge in [-0.1, -0.05) is 30.3 Å². The van der Waals surface area contributed by atoms with Crippen LogP contribution in [0.2, 0.25) is 0 Å². The number of aromatic nitrogens is 2. The Hall–Kier alpha value is -2.43. The molecule has 0 amide bonds. The van der Waals surface area contributed by atoms with Crippen molar-refractivity contribution in [3.8, 4) is 11.3 Å². The third kappa shape index (κ3) is 2.04. The van der Waals surface area contributed by atoms with Crippen LogP contribution in [0.1, 0.15) is 29.7 Å². The van der Waals surface area contributed by atoms with Crippen molar-refractivity contribution in [2.45, 2.75) is 18.6 Å². The summed E-state index contributed by atoms with van der Waals surface area (Å²) < 4.78 is 3.44. The molecular formula is C20H16N2OS. The summed E-state index contributed by atoms with van der Waals surface area (Å²) in [6.45, 7) is 0. The maximum atomic E-state index is 10.8. The highest BCUT2D eigenvalue weighted by Gasteiger charge is 2.30. The van der Waals surface area contributed by atoms with Gasteiger partial charge in [0, 0.05) is 16.7 Å². The predicted octanol–water partition coefficient (Wildman–Crippen LogP) is 4.79. The van der Waals surface area contributed by atoms with Crippen molar-refractivity contribution in [1.82, 2.24) is 9.55 Å². The number of nitrogens with zero attached hydrogens (tertiary/aromatic N) is 2. The Morgan fingerprint density at radius 2 is 2.08 bits per heavy atom. The molecule has 5 rings (SSSR count). The smallest absolute Gasteiger partial charge is 0.0956 e. The molecule has 0 saturated carbocycles. The summed E-state index contributed by atoms with van der Waals surface area (Å²) in [4.78, 5) is 4.29. The quantitative estimate of drug-likeness (QED) is 0.586. The molecule has 0 radical (unpaired) electrons. The van der Waals surface area contributed by atoms with Gasteiger partial charge in [-0.15, -0.1) is 11.3 Å². The number of hydrogen-bond donors (Lipinski definition) is 1. The Labute approximate surface area is 143 Å². The molecule has 0 bridgehead atoms. The van der Waals surface area contributed by atoms with E-state index in [1.54, 1.807) is 11.3 Å². The van der Waals surface area contributed by atoms with Gasteiger partial charge in [0.05, 0.1) is 30.4 Å². The molecule has 1 aliphatic heterocycles. The molecule has 2 aromatic carbocycles. The summed E-state index contributed by atoms with van der Waals surface area (Å²) in [6, 6.07) is 16.9. The summed E-state index contributed by atoms with van der Waals surface area (Å²) in [5, 5.41) is 14.1. The topological polar surface area (TPSA) is 38.1 Å². The predicted molar refractivity (Wildman–Crippen MR) is 97.2 cm³/mol. The highest BCUT2D eigenvalue weighted by Crippen LogP contribution is 2.43. The van der Waals surface area contributed by atoms with Gasteiger partial charge in [0.2, 0.25) is 0 Å². The van der Waals surface area contributed by atoms with E-state index >= 15 is 0 Å². The number of fused-ring (bicyclic) bond motifs is 4. The first-order valence-electron chi connectivity index (χ1n) is 8.07. The average Bonchev–Trinajstić information content (AvgIpc) is 3.31. The van der Waals surface area contributed by atoms with Gasteiger partial charge < -0.3 is 9.67 Å². The van der Waals surface area contributed by atoms with Gasteiger partial charge >= 0.3 is 0 Å². The third-order valence-corrected chi connectivity index (χ3v) is 5.80. The van der Waals surface area contributed by atoms with Crippen molar-refractivity contribution in [3.63, 3.8) is 0 Å². The first-order chi connectivity index (χ1) is 11.8. The standard InChI is InChI=1S/C20H16N2OS/c23-19(13-5-6-20-14(9-13)7-8-24-20)10-17-15-3-1-2-4-16(15)18-11-21-12-22(17)18/h1-9,11-12,17,19,23H,10H2. The van der Waals surface area contributed by atoms with Crippen molar-refractivity contribution in [2.24, 2.45) is 0 Å². The van der Waals surface area contributed by atoms with Gasteiger partial charge in [0.1, 0.15) is 0 Å². The fourth-order valence-corrected chi connectivity index (χ4v) is 4.48. The molecule has 3 heterocycles. The van der Waals surface area contributed by atoms with Crippen LogP contribution in [0.25, 0.3) is 21.3 Å². The number of hydrogen-bond acceptors (Lipinski definition) is 3. The van der Waals surface area contributed by atoms with Gasteiger partial charge in [-0.05, 0) is 40.1 Å². The maximum Gasteiger partial charge on any atom is 0.0956 e. The summed E-state index contributed by atoms with van der Waals surface area (Å²) in [6.07, 6.45) is 3.92. The van der Waals surface area contributed by atoms with Crippen molar-refractivity contribution < 1.29 is 5.11 Å². The highest BCUT2D eigenvalue weighted by molar-refractivity contribution is 7.17. The lowest BCUT2D eigenvalue weighted by atomic mass is 9.95. The Morgan fingerprint density at radius 1 is 1.17 bits per heavy atom. The molecule has 24 heavy (non-hydrogen) atoms. The van der Waals surface area contributed by atoms with Crippen molar-refractivity contribution in [1.29, 1.82) is 0 Å². The highest BCUT2D eigenvalue weighted by atomic mass is 32.1. The Morgan fingerprint density at radius 3 is 3.04 bits per heavy atom. The van der Waals surface area contributed by atoms with Crippen LogP contribution in [0, 0.1) is 0 Å². The van der Waals surface area contributed by atoms with Gasteiger partial charge in [-0.2, -0.15) is 0 Å². The van der Waals surface area contributed by atoms with Crippen LogP contribution >= 0.6 is 11.3 Å². The van der Waals surface area contributed by atoms with Gasteiger partial charge in [0.25, 0.3) is 0 Å². The van der Waals surface area contributed by atoms with Crippen molar-refractivity contribution >= 4 is 21.4 Å². The van der Waals surface area contributed by atoms with Crippen LogP contribution in [0.15, 0.2) is 66.4 Å². The largest absolute Gasteiger partial charge is 0.388 e. The molecule has 4 heteroatoms. The molecule has 1 aliphatic rings. The van der Waals surface area contributed by atoms with Gasteiger partial charge in [0.15, 0.2) is 0 Å². The van der Waals surface area contributed by atoms with Crippen molar-refractivity contribution in [2.75, 3.05) is 0 Å². The van der Waals surface area contributed by atoms with E-state index in [0.29, 0.717) is 6.42 Å². The van der Waals surface area contributed by atoms with E-state index in [1.165, 1.54) is 21.2 Å². The summed E-state index contributed by atoms with van der Waals surface area (Å²) >= 11 is 1.73. The van der Waals surface area contributed by atoms with E-state index < -0.39 is 6.10 Å². The Bertz CT molecular complexity index is 1030. The van der Waals surface area contributed by atoms with E-state index in [1.807, 2.05) is 18.6 Å². The van der Waals surface area contributed by atoms with Crippen LogP contribution in [0.4, 0.5) is 0 Å². The normalized spacial score (nSPS) is 17.0. The number of aliphatic hydroxyl groups is 1. The zero-order valence-electron chi connectivity index (χ0n) is 13.0. The SMILES string of the molecule is OC(CC1c2ccccc2-c2cncn21)c1ccc2sccc2c1. The first kappa shape index (κ1) is 14.0. The molecule has 0 spiro atoms. The fraction of sp³-hybridized carbons (Fsp3) is 0.150. The van der Waals surface area contributed by atoms with Gasteiger partial charge in [-0.25, -0.2) is 4.98 Å². The molecule has 2 unspecified atom stereocenters. The Balaban J connectivity index is 1.51. The van der Waals surface area contributed by atoms with E-state index in [4.69, 9.17) is 0 Å². The fourth-order valence-electron chi connectivity index (χ4n) is 3.71. The third-order valence-electron chi connectivity index (χ3n) is 4.91. The van der Waals surface area contributed by atoms with Crippen LogP contribution in [0.3, 0.4) is 0 Å². The first-order valence-corrected chi connectivity index (χ1v) is 8.95. The van der Waals surface area contributed by atoms with E-state index in [9.17, 15) is 5.11 Å². The second kappa shape index (κ2) is 5.30. The number of thiophene rings is 1. The van der Waals surface area contributed by atoms with Gasteiger partial charge in [-0.3, -0.25) is 0 Å². The van der Waals surface area contributed by atoms with Crippen LogP contribution in [0.5, 0.6) is 0 Å². The number of aliphatic hydroxyl groups excluding tert-OH is 1.